The number of carbonyl (C=O) groups is 1. The Bertz CT molecular complexity index is 510. The molecule has 1 atom stereocenters. The van der Waals surface area contributed by atoms with E-state index in [1.165, 1.54) is 14.2 Å². The lowest BCUT2D eigenvalue weighted by Gasteiger charge is -2.17. The van der Waals surface area contributed by atoms with Crippen LogP contribution in [0.25, 0.3) is 0 Å². The minimum Gasteiger partial charge on any atom is -0.493 e. The third-order valence-electron chi connectivity index (χ3n) is 2.47. The largest absolute Gasteiger partial charge is 0.493 e. The zero-order valence-corrected chi connectivity index (χ0v) is 12.2. The van der Waals surface area contributed by atoms with Crippen LogP contribution in [0.2, 0.25) is 0 Å². The van der Waals surface area contributed by atoms with Gasteiger partial charge in [0.1, 0.15) is 6.04 Å². The number of aliphatic carboxylic acids is 1. The fourth-order valence-electron chi connectivity index (χ4n) is 1.58. The van der Waals surface area contributed by atoms with Crippen molar-refractivity contribution in [3.63, 3.8) is 0 Å². The van der Waals surface area contributed by atoms with Gasteiger partial charge in [-0.3, -0.25) is 10.1 Å². The number of ether oxygens (including phenoxy) is 2. The van der Waals surface area contributed by atoms with Gasteiger partial charge in [-0.15, -0.1) is 6.42 Å². The third kappa shape index (κ3) is 3.63. The van der Waals surface area contributed by atoms with Gasteiger partial charge in [0, 0.05) is 4.47 Å². The zero-order valence-electron chi connectivity index (χ0n) is 10.6. The zero-order chi connectivity index (χ0) is 14.4. The average Bonchev–Trinajstić information content (AvgIpc) is 2.39. The lowest BCUT2D eigenvalue weighted by Crippen LogP contribution is -2.29. The number of carboxylic acids is 1. The molecule has 0 saturated carbocycles. The second kappa shape index (κ2) is 7.02. The number of terminal acetylenes is 1. The Morgan fingerprint density at radius 3 is 2.53 bits per heavy atom. The third-order valence-corrected chi connectivity index (χ3v) is 3.16. The van der Waals surface area contributed by atoms with E-state index in [9.17, 15) is 9.90 Å². The summed E-state index contributed by atoms with van der Waals surface area (Å²) < 4.78 is 10.9. The molecule has 102 valence electrons. The molecule has 1 aromatic rings. The second-order valence-electron chi connectivity index (χ2n) is 3.58. The maximum absolute atomic E-state index is 11.3. The highest BCUT2D eigenvalue weighted by atomic mass is 79.9. The van der Waals surface area contributed by atoms with E-state index in [-0.39, 0.29) is 6.54 Å². The molecule has 0 radical (unpaired) electrons. The first-order valence-corrected chi connectivity index (χ1v) is 6.15. The van der Waals surface area contributed by atoms with Crippen molar-refractivity contribution < 1.29 is 19.4 Å². The molecule has 1 rings (SSSR count). The van der Waals surface area contributed by atoms with Crippen LogP contribution in [0.3, 0.4) is 0 Å². The number of rotatable bonds is 6. The topological polar surface area (TPSA) is 67.8 Å². The van der Waals surface area contributed by atoms with E-state index >= 15 is 0 Å². The standard InChI is InChI=1S/C13H14BrNO4/c1-4-5-15-12(13(16)17)8-6-10(18-2)11(19-3)7-9(8)14/h1,6-7,12,15H,5H2,2-3H3,(H,16,17). The Kier molecular flexibility index (Phi) is 5.67. The van der Waals surface area contributed by atoms with Crippen molar-refractivity contribution in [3.8, 4) is 23.8 Å². The van der Waals surface area contributed by atoms with Crippen LogP contribution in [0, 0.1) is 12.3 Å². The Morgan fingerprint density at radius 1 is 1.47 bits per heavy atom. The van der Waals surface area contributed by atoms with Gasteiger partial charge >= 0.3 is 5.97 Å². The van der Waals surface area contributed by atoms with E-state index in [4.69, 9.17) is 15.9 Å². The highest BCUT2D eigenvalue weighted by molar-refractivity contribution is 9.10. The molecule has 0 heterocycles. The van der Waals surface area contributed by atoms with Gasteiger partial charge in [-0.05, 0) is 17.7 Å². The van der Waals surface area contributed by atoms with Gasteiger partial charge in [0.2, 0.25) is 0 Å². The molecule has 0 aliphatic rings. The Hall–Kier alpha value is -1.71. The maximum Gasteiger partial charge on any atom is 0.325 e. The summed E-state index contributed by atoms with van der Waals surface area (Å²) in [6.07, 6.45) is 5.13. The molecular formula is C13H14BrNO4. The Morgan fingerprint density at radius 2 is 2.05 bits per heavy atom. The van der Waals surface area contributed by atoms with E-state index in [0.29, 0.717) is 21.5 Å². The minimum absolute atomic E-state index is 0.151. The average molecular weight is 328 g/mol. The lowest BCUT2D eigenvalue weighted by molar-refractivity contribution is -0.139. The van der Waals surface area contributed by atoms with E-state index in [2.05, 4.69) is 27.2 Å². The lowest BCUT2D eigenvalue weighted by atomic mass is 10.1. The summed E-state index contributed by atoms with van der Waals surface area (Å²) in [6, 6.07) is 2.33. The molecule has 1 aromatic carbocycles. The summed E-state index contributed by atoms with van der Waals surface area (Å²) in [5, 5.41) is 12.0. The smallest absolute Gasteiger partial charge is 0.325 e. The van der Waals surface area contributed by atoms with Crippen LogP contribution in [0.1, 0.15) is 11.6 Å². The van der Waals surface area contributed by atoms with Crippen molar-refractivity contribution in [2.24, 2.45) is 0 Å². The molecule has 2 N–H and O–H groups in total. The monoisotopic (exact) mass is 327 g/mol. The SMILES string of the molecule is C#CCNC(C(=O)O)c1cc(OC)c(OC)cc1Br. The predicted octanol–water partition coefficient (Wildman–Crippen LogP) is 1.81. The summed E-state index contributed by atoms with van der Waals surface area (Å²) in [5.74, 6) is 2.29. The number of methoxy groups -OCH3 is 2. The molecule has 6 heteroatoms. The van der Waals surface area contributed by atoms with Gasteiger partial charge in [-0.25, -0.2) is 0 Å². The van der Waals surface area contributed by atoms with E-state index in [1.54, 1.807) is 12.1 Å². The van der Waals surface area contributed by atoms with Crippen molar-refractivity contribution in [2.45, 2.75) is 6.04 Å². The summed E-state index contributed by atoms with van der Waals surface area (Å²) >= 11 is 3.32. The van der Waals surface area contributed by atoms with Crippen LogP contribution in [0.15, 0.2) is 16.6 Å². The molecule has 0 aliphatic heterocycles. The summed E-state index contributed by atoms with van der Waals surface area (Å²) in [7, 11) is 3.00. The molecular weight excluding hydrogens is 314 g/mol. The van der Waals surface area contributed by atoms with Crippen LogP contribution in [0.4, 0.5) is 0 Å². The van der Waals surface area contributed by atoms with E-state index in [1.807, 2.05) is 0 Å². The number of nitrogens with one attached hydrogen (secondary N) is 1. The van der Waals surface area contributed by atoms with Gasteiger partial charge in [0.05, 0.1) is 20.8 Å². The highest BCUT2D eigenvalue weighted by Crippen LogP contribution is 2.36. The molecule has 1 unspecified atom stereocenters. The fraction of sp³-hybridized carbons (Fsp3) is 0.308. The van der Waals surface area contributed by atoms with E-state index < -0.39 is 12.0 Å². The first kappa shape index (κ1) is 15.3. The number of hydrogen-bond acceptors (Lipinski definition) is 4. The fourth-order valence-corrected chi connectivity index (χ4v) is 2.13. The van der Waals surface area contributed by atoms with E-state index in [0.717, 1.165) is 0 Å². The predicted molar refractivity (Wildman–Crippen MR) is 74.5 cm³/mol. The summed E-state index contributed by atoms with van der Waals surface area (Å²) in [5.41, 5.74) is 0.514. The van der Waals surface area contributed by atoms with Crippen molar-refractivity contribution in [1.82, 2.24) is 5.32 Å². The maximum atomic E-state index is 11.3. The summed E-state index contributed by atoms with van der Waals surface area (Å²) in [6.45, 7) is 0.151. The number of hydrogen-bond donors (Lipinski definition) is 2. The quantitative estimate of drug-likeness (QED) is 0.780. The van der Waals surface area contributed by atoms with Crippen LogP contribution < -0.4 is 14.8 Å². The minimum atomic E-state index is -1.02. The van der Waals surface area contributed by atoms with Gasteiger partial charge in [0.15, 0.2) is 11.5 Å². The molecule has 0 fully saturated rings. The molecule has 0 aliphatic carbocycles. The van der Waals surface area contributed by atoms with Gasteiger partial charge in [-0.2, -0.15) is 0 Å². The van der Waals surface area contributed by atoms with Gasteiger partial charge < -0.3 is 14.6 Å². The second-order valence-corrected chi connectivity index (χ2v) is 4.44. The van der Waals surface area contributed by atoms with Gasteiger partial charge in [-0.1, -0.05) is 21.9 Å². The summed E-state index contributed by atoms with van der Waals surface area (Å²) in [4.78, 5) is 11.3. The van der Waals surface area contributed by atoms with Crippen molar-refractivity contribution in [1.29, 1.82) is 0 Å². The number of benzene rings is 1. The van der Waals surface area contributed by atoms with Crippen LogP contribution in [-0.2, 0) is 4.79 Å². The van der Waals surface area contributed by atoms with Crippen molar-refractivity contribution in [3.05, 3.63) is 22.2 Å². The van der Waals surface area contributed by atoms with Crippen molar-refractivity contribution in [2.75, 3.05) is 20.8 Å². The molecule has 19 heavy (non-hydrogen) atoms. The number of carboxylic acid groups (broad SMARTS) is 1. The van der Waals surface area contributed by atoms with Gasteiger partial charge in [0.25, 0.3) is 0 Å². The Labute approximate surface area is 120 Å². The van der Waals surface area contributed by atoms with Crippen molar-refractivity contribution >= 4 is 21.9 Å². The first-order valence-electron chi connectivity index (χ1n) is 5.36. The molecule has 5 nitrogen and oxygen atoms in total. The molecule has 0 saturated heterocycles. The van der Waals surface area contributed by atoms with Crippen LogP contribution in [0.5, 0.6) is 11.5 Å². The van der Waals surface area contributed by atoms with Crippen LogP contribution in [-0.4, -0.2) is 31.8 Å². The normalized spacial score (nSPS) is 11.5. The molecule has 0 aromatic heterocycles. The Balaban J connectivity index is 3.23. The van der Waals surface area contributed by atoms with Crippen LogP contribution >= 0.6 is 15.9 Å². The molecule has 0 spiro atoms. The highest BCUT2D eigenvalue weighted by Gasteiger charge is 2.23. The molecule has 0 amide bonds. The first-order chi connectivity index (χ1) is 9.04. The molecule has 0 bridgehead atoms. The number of halogens is 1.